The highest BCUT2D eigenvalue weighted by Crippen LogP contribution is 2.43. The van der Waals surface area contributed by atoms with Crippen molar-refractivity contribution >= 4 is 38.2 Å². The molecule has 3 aliphatic heterocycles. The summed E-state index contributed by atoms with van der Waals surface area (Å²) in [7, 11) is -1.78. The maximum absolute atomic E-state index is 14.9. The first-order valence-corrected chi connectivity index (χ1v) is 26.3. The molecule has 3 aliphatic rings. The van der Waals surface area contributed by atoms with E-state index in [1.165, 1.54) is 18.2 Å². The molecule has 0 atom stereocenters. The third kappa shape index (κ3) is 12.0. The Morgan fingerprint density at radius 3 is 0.872 bits per heavy atom. The van der Waals surface area contributed by atoms with Crippen molar-refractivity contribution in [2.45, 2.75) is 117 Å². The Kier molecular flexibility index (Phi) is 15.8. The van der Waals surface area contributed by atoms with Crippen LogP contribution in [-0.2, 0) is 27.9 Å². The molecule has 0 radical (unpaired) electrons. The summed E-state index contributed by atoms with van der Waals surface area (Å²) in [5.74, 6) is 2.21. The van der Waals surface area contributed by atoms with E-state index >= 15 is 0 Å². The number of hydrogen-bond donors (Lipinski definition) is 0. The zero-order chi connectivity index (χ0) is 55.8. The van der Waals surface area contributed by atoms with Gasteiger partial charge in [-0.1, -0.05) is 133 Å². The number of benzene rings is 6. The summed E-state index contributed by atoms with van der Waals surface area (Å²) in [6.45, 7) is 24.0. The Morgan fingerprint density at radius 1 is 0.321 bits per heavy atom. The largest absolute Gasteiger partial charge is 0.497 e. The van der Waals surface area contributed by atoms with Crippen LogP contribution in [-0.4, -0.2) is 84.6 Å². The molecule has 0 aliphatic carbocycles. The van der Waals surface area contributed by atoms with Crippen LogP contribution < -0.4 is 5.46 Å². The first kappa shape index (κ1) is 56.2. The highest BCUT2D eigenvalue weighted by Gasteiger charge is 2.64. The van der Waals surface area contributed by atoms with E-state index in [0.29, 0.717) is 51.5 Å². The van der Waals surface area contributed by atoms with E-state index < -0.39 is 44.0 Å². The Labute approximate surface area is 462 Å². The second kappa shape index (κ2) is 21.9. The molecule has 0 amide bonds. The fourth-order valence-corrected chi connectivity index (χ4v) is 8.52. The second-order valence-corrected chi connectivity index (χ2v) is 22.7. The van der Waals surface area contributed by atoms with Crippen LogP contribution in [0, 0.1) is 11.6 Å². The van der Waals surface area contributed by atoms with Gasteiger partial charge in [-0.3, -0.25) is 0 Å². The zero-order valence-corrected chi connectivity index (χ0v) is 46.8. The molecular formula is C60H62B3ClF2N6O6. The molecule has 0 spiro atoms. The Morgan fingerprint density at radius 2 is 0.577 bits per heavy atom. The van der Waals surface area contributed by atoms with Crippen LogP contribution in [0.2, 0.25) is 5.02 Å². The normalized spacial score (nSPS) is 18.2. The predicted molar refractivity (Wildman–Crippen MR) is 305 cm³/mol. The minimum atomic E-state index is -0.825. The van der Waals surface area contributed by atoms with Gasteiger partial charge in [0, 0.05) is 38.8 Å². The third-order valence-electron chi connectivity index (χ3n) is 15.1. The number of hydrogen-bond acceptors (Lipinski definition) is 12. The second-order valence-electron chi connectivity index (χ2n) is 22.3. The summed E-state index contributed by atoms with van der Waals surface area (Å²) in [5, 5.41) is 0.0328. The molecule has 12 nitrogen and oxygen atoms in total. The lowest BCUT2D eigenvalue weighted by Crippen LogP contribution is -2.41. The van der Waals surface area contributed by atoms with E-state index in [4.69, 9.17) is 54.5 Å². The Hall–Kier alpha value is -6.56. The van der Waals surface area contributed by atoms with E-state index in [9.17, 15) is 8.78 Å². The topological polar surface area (TPSA) is 133 Å². The molecule has 3 saturated heterocycles. The van der Waals surface area contributed by atoms with Gasteiger partial charge >= 0.3 is 21.1 Å². The molecule has 18 heteroatoms. The van der Waals surface area contributed by atoms with E-state index in [0.717, 1.165) is 22.3 Å². The summed E-state index contributed by atoms with van der Waals surface area (Å²) in [6.07, 6.45) is 0. The van der Waals surface area contributed by atoms with Crippen molar-refractivity contribution in [3.05, 3.63) is 174 Å². The molecule has 2 aromatic heterocycles. The SMILES string of the molecule is CC1(C)OB(B2OC(C)(C)C(C)(C)O2)OC1(C)C.CC1(C)OB(c2cc(-c3nc(-c4ccccc4)nc(-c4ccccc4)n3)ccc2F)OC1(C)C.Fc1ccc(-c2nc(-c3ccccc3)nc(-c3ccccc3)n2)cc1Cl. The first-order valence-electron chi connectivity index (χ1n) is 25.9. The maximum Gasteiger partial charge on any atom is 0.497 e. The number of halogens is 3. The maximum atomic E-state index is 14.9. The summed E-state index contributed by atoms with van der Waals surface area (Å²) in [4.78, 5) is 27.9. The lowest BCUT2D eigenvalue weighted by molar-refractivity contribution is 0.00578. The summed E-state index contributed by atoms with van der Waals surface area (Å²) in [6, 6.07) is 48.0. The average molecular weight is 1070 g/mol. The molecule has 0 unspecified atom stereocenters. The van der Waals surface area contributed by atoms with Gasteiger partial charge in [0.25, 0.3) is 0 Å². The molecule has 8 aromatic rings. The smallest absolute Gasteiger partial charge is 0.405 e. The molecule has 5 heterocycles. The summed E-state index contributed by atoms with van der Waals surface area (Å²) in [5.41, 5.74) is 2.51. The van der Waals surface area contributed by atoms with Crippen LogP contribution in [0.15, 0.2) is 158 Å². The molecule has 78 heavy (non-hydrogen) atoms. The standard InChI is InChI=1S/C27H25BFN3O2.C21H13ClFN3.C12H24B2O4/c1-26(2)27(3,4)34-28(33-26)21-17-20(15-16-22(21)29)25-31-23(18-11-7-5-8-12-18)30-24(32-25)19-13-9-6-10-14-19;22-17-13-16(11-12-18(17)23)21-25-19(14-7-3-1-4-8-14)24-20(26-21)15-9-5-2-6-10-15;1-9(2)10(3,4)16-13(15-9)14-17-11(5,6)12(7,8)18-14/h5-17H,1-4H3;1-13H;1-8H3. The highest BCUT2D eigenvalue weighted by molar-refractivity contribution is 7.11. The van der Waals surface area contributed by atoms with E-state index in [-0.39, 0.29) is 27.4 Å². The number of rotatable bonds is 8. The van der Waals surface area contributed by atoms with Crippen molar-refractivity contribution in [2.75, 3.05) is 0 Å². The molecule has 0 saturated carbocycles. The Bertz CT molecular complexity index is 3210. The van der Waals surface area contributed by atoms with Gasteiger partial charge in [0.1, 0.15) is 11.6 Å². The van der Waals surface area contributed by atoms with Crippen LogP contribution in [0.5, 0.6) is 0 Å². The van der Waals surface area contributed by atoms with Gasteiger partial charge in [-0.25, -0.2) is 38.7 Å². The van der Waals surface area contributed by atoms with Gasteiger partial charge in [-0.15, -0.1) is 0 Å². The fourth-order valence-electron chi connectivity index (χ4n) is 8.34. The number of nitrogens with zero attached hydrogens (tertiary/aromatic N) is 6. The lowest BCUT2D eigenvalue weighted by Gasteiger charge is -2.32. The van der Waals surface area contributed by atoms with Crippen LogP contribution in [0.25, 0.3) is 68.3 Å². The van der Waals surface area contributed by atoms with Crippen molar-refractivity contribution in [1.29, 1.82) is 0 Å². The molecular weight excluding hydrogens is 1010 g/mol. The predicted octanol–water partition coefficient (Wildman–Crippen LogP) is 13.2. The van der Waals surface area contributed by atoms with E-state index in [1.807, 2.05) is 204 Å². The summed E-state index contributed by atoms with van der Waals surface area (Å²) < 4.78 is 64.5. The Balaban J connectivity index is 0.000000149. The minimum Gasteiger partial charge on any atom is -0.405 e. The summed E-state index contributed by atoms with van der Waals surface area (Å²) >= 11 is 5.93. The molecule has 11 rings (SSSR count). The van der Waals surface area contributed by atoms with Gasteiger partial charge in [-0.2, -0.15) is 0 Å². The van der Waals surface area contributed by atoms with E-state index in [1.54, 1.807) is 18.2 Å². The van der Waals surface area contributed by atoms with Gasteiger partial charge < -0.3 is 27.9 Å². The lowest BCUT2D eigenvalue weighted by atomic mass is 9.49. The average Bonchev–Trinajstić information content (AvgIpc) is 3.97. The molecule has 0 N–H and O–H groups in total. The van der Waals surface area contributed by atoms with Crippen LogP contribution in [0.4, 0.5) is 8.78 Å². The van der Waals surface area contributed by atoms with Gasteiger partial charge in [0.15, 0.2) is 34.9 Å². The fraction of sp³-hybridized carbons (Fsp3) is 0.300. The highest BCUT2D eigenvalue weighted by atomic mass is 35.5. The van der Waals surface area contributed by atoms with Gasteiger partial charge in [-0.05, 0) is 119 Å². The van der Waals surface area contributed by atoms with Crippen molar-refractivity contribution in [3.63, 3.8) is 0 Å². The van der Waals surface area contributed by atoms with Crippen LogP contribution >= 0.6 is 11.6 Å². The van der Waals surface area contributed by atoms with Gasteiger partial charge in [0.2, 0.25) is 0 Å². The van der Waals surface area contributed by atoms with Crippen molar-refractivity contribution in [3.8, 4) is 68.3 Å². The van der Waals surface area contributed by atoms with Crippen molar-refractivity contribution in [1.82, 2.24) is 29.9 Å². The third-order valence-corrected chi connectivity index (χ3v) is 15.4. The minimum absolute atomic E-state index is 0.0328. The zero-order valence-electron chi connectivity index (χ0n) is 46.0. The van der Waals surface area contributed by atoms with Crippen molar-refractivity contribution < 1.29 is 36.7 Å². The number of aromatic nitrogens is 6. The van der Waals surface area contributed by atoms with Gasteiger partial charge in [0.05, 0.1) is 38.6 Å². The van der Waals surface area contributed by atoms with E-state index in [2.05, 4.69) is 15.0 Å². The molecule has 3 fully saturated rings. The van der Waals surface area contributed by atoms with Crippen LogP contribution in [0.3, 0.4) is 0 Å². The quantitative estimate of drug-likeness (QED) is 0.134. The van der Waals surface area contributed by atoms with Crippen molar-refractivity contribution in [2.24, 2.45) is 0 Å². The molecule has 6 aromatic carbocycles. The first-order chi connectivity index (χ1) is 36.8. The molecule has 0 bridgehead atoms. The monoisotopic (exact) mass is 1070 g/mol. The van der Waals surface area contributed by atoms with Crippen LogP contribution in [0.1, 0.15) is 83.1 Å². The molecule has 398 valence electrons.